The predicted octanol–water partition coefficient (Wildman–Crippen LogP) is 3.26. The molecule has 3 rings (SSSR count). The predicted molar refractivity (Wildman–Crippen MR) is 83.7 cm³/mol. The Morgan fingerprint density at radius 1 is 1.09 bits per heavy atom. The normalized spacial score (nSPS) is 25.3. The maximum Gasteiger partial charge on any atom is 0.260 e. The number of carbonyl (C=O) groups is 2. The molecule has 1 saturated heterocycles. The van der Waals surface area contributed by atoms with Gasteiger partial charge in [0.2, 0.25) is 5.91 Å². The first kappa shape index (κ1) is 15.1. The van der Waals surface area contributed by atoms with Gasteiger partial charge in [0, 0.05) is 18.5 Å². The number of likely N-dealkylation sites (tertiary alicyclic amines) is 1. The average Bonchev–Trinajstić information content (AvgIpc) is 2.74. The Morgan fingerprint density at radius 2 is 1.77 bits per heavy atom. The molecule has 2 atom stereocenters. The monoisotopic (exact) mass is 301 g/mol. The van der Waals surface area contributed by atoms with Crippen molar-refractivity contribution in [2.24, 2.45) is 11.8 Å². The van der Waals surface area contributed by atoms with Crippen LogP contribution in [0.25, 0.3) is 0 Å². The molecule has 1 aliphatic heterocycles. The standard InChI is InChI=1S/C18H23NO3/c1-22-16-9-6-14(7-10-16)18(21)19-12-15-5-3-2-4-13(15)8-11-17(19)20/h6-7,9-10,13,15H,2-5,8,11-12H2,1H3. The number of nitrogens with zero attached hydrogens (tertiary/aromatic N) is 1. The molecule has 0 bridgehead atoms. The lowest BCUT2D eigenvalue weighted by Gasteiger charge is -2.31. The zero-order valence-electron chi connectivity index (χ0n) is 13.1. The molecule has 0 spiro atoms. The molecule has 2 amide bonds. The van der Waals surface area contributed by atoms with Crippen molar-refractivity contribution in [1.82, 2.24) is 4.90 Å². The Hall–Kier alpha value is -1.84. The molecule has 22 heavy (non-hydrogen) atoms. The van der Waals surface area contributed by atoms with E-state index in [1.807, 2.05) is 0 Å². The zero-order chi connectivity index (χ0) is 15.5. The molecular weight excluding hydrogens is 278 g/mol. The van der Waals surface area contributed by atoms with Crippen LogP contribution in [0.4, 0.5) is 0 Å². The first-order valence-corrected chi connectivity index (χ1v) is 8.18. The molecule has 1 saturated carbocycles. The van der Waals surface area contributed by atoms with Crippen LogP contribution in [-0.4, -0.2) is 30.4 Å². The molecule has 4 nitrogen and oxygen atoms in total. The zero-order valence-corrected chi connectivity index (χ0v) is 13.1. The molecule has 1 heterocycles. The second-order valence-corrected chi connectivity index (χ2v) is 6.38. The van der Waals surface area contributed by atoms with E-state index in [0.717, 1.165) is 12.8 Å². The molecule has 0 radical (unpaired) electrons. The van der Waals surface area contributed by atoms with Crippen LogP contribution in [0.1, 0.15) is 48.9 Å². The van der Waals surface area contributed by atoms with Gasteiger partial charge < -0.3 is 4.74 Å². The third-order valence-electron chi connectivity index (χ3n) is 5.10. The number of benzene rings is 1. The van der Waals surface area contributed by atoms with Gasteiger partial charge in [-0.25, -0.2) is 0 Å². The quantitative estimate of drug-likeness (QED) is 0.788. The molecule has 2 aliphatic rings. The molecule has 0 N–H and O–H groups in total. The number of fused-ring (bicyclic) bond motifs is 1. The van der Waals surface area contributed by atoms with Crippen LogP contribution in [0, 0.1) is 11.8 Å². The van der Waals surface area contributed by atoms with Gasteiger partial charge in [-0.3, -0.25) is 14.5 Å². The van der Waals surface area contributed by atoms with Gasteiger partial charge >= 0.3 is 0 Å². The lowest BCUT2D eigenvalue weighted by Crippen LogP contribution is -2.39. The summed E-state index contributed by atoms with van der Waals surface area (Å²) in [5.74, 6) is 1.63. The summed E-state index contributed by atoms with van der Waals surface area (Å²) >= 11 is 0. The topological polar surface area (TPSA) is 46.6 Å². The minimum atomic E-state index is -0.168. The number of ether oxygens (including phenoxy) is 1. The van der Waals surface area contributed by atoms with E-state index in [4.69, 9.17) is 4.74 Å². The van der Waals surface area contributed by atoms with E-state index >= 15 is 0 Å². The number of hydrogen-bond acceptors (Lipinski definition) is 3. The van der Waals surface area contributed by atoms with Gasteiger partial charge in [-0.15, -0.1) is 0 Å². The summed E-state index contributed by atoms with van der Waals surface area (Å²) in [5.41, 5.74) is 0.559. The summed E-state index contributed by atoms with van der Waals surface area (Å²) in [6, 6.07) is 6.99. The van der Waals surface area contributed by atoms with Crippen molar-refractivity contribution in [3.05, 3.63) is 29.8 Å². The first-order chi connectivity index (χ1) is 10.7. The second-order valence-electron chi connectivity index (χ2n) is 6.38. The highest BCUT2D eigenvalue weighted by Crippen LogP contribution is 2.36. The van der Waals surface area contributed by atoms with Gasteiger partial charge in [0.1, 0.15) is 5.75 Å². The molecule has 1 aromatic rings. The number of imide groups is 1. The summed E-state index contributed by atoms with van der Waals surface area (Å²) in [4.78, 5) is 26.6. The van der Waals surface area contributed by atoms with Crippen molar-refractivity contribution in [3.63, 3.8) is 0 Å². The summed E-state index contributed by atoms with van der Waals surface area (Å²) in [5, 5.41) is 0. The van der Waals surface area contributed by atoms with Gasteiger partial charge in [0.05, 0.1) is 7.11 Å². The fourth-order valence-electron chi connectivity index (χ4n) is 3.77. The van der Waals surface area contributed by atoms with E-state index < -0.39 is 0 Å². The number of carbonyl (C=O) groups excluding carboxylic acids is 2. The van der Waals surface area contributed by atoms with E-state index in [-0.39, 0.29) is 11.8 Å². The third kappa shape index (κ3) is 3.01. The van der Waals surface area contributed by atoms with Crippen LogP contribution >= 0.6 is 0 Å². The molecule has 4 heteroatoms. The summed E-state index contributed by atoms with van der Waals surface area (Å²) in [7, 11) is 1.60. The van der Waals surface area contributed by atoms with E-state index in [0.29, 0.717) is 36.1 Å². The molecule has 0 aromatic heterocycles. The number of hydrogen-bond donors (Lipinski definition) is 0. The lowest BCUT2D eigenvalue weighted by molar-refractivity contribution is -0.128. The van der Waals surface area contributed by atoms with E-state index in [1.54, 1.807) is 31.4 Å². The first-order valence-electron chi connectivity index (χ1n) is 8.18. The van der Waals surface area contributed by atoms with Crippen LogP contribution in [0.15, 0.2) is 24.3 Å². The summed E-state index contributed by atoms with van der Waals surface area (Å²) in [6.07, 6.45) is 6.29. The van der Waals surface area contributed by atoms with E-state index in [9.17, 15) is 9.59 Å². The van der Waals surface area contributed by atoms with Crippen molar-refractivity contribution in [1.29, 1.82) is 0 Å². The van der Waals surface area contributed by atoms with Gasteiger partial charge in [0.25, 0.3) is 5.91 Å². The third-order valence-corrected chi connectivity index (χ3v) is 5.10. The molecule has 118 valence electrons. The van der Waals surface area contributed by atoms with Crippen molar-refractivity contribution >= 4 is 11.8 Å². The molecule has 1 aliphatic carbocycles. The van der Waals surface area contributed by atoms with Crippen molar-refractivity contribution in [3.8, 4) is 5.75 Å². The van der Waals surface area contributed by atoms with E-state index in [2.05, 4.69) is 0 Å². The molecule has 1 aromatic carbocycles. The number of amides is 2. The fraction of sp³-hybridized carbons (Fsp3) is 0.556. The Morgan fingerprint density at radius 3 is 2.45 bits per heavy atom. The van der Waals surface area contributed by atoms with Crippen LogP contribution < -0.4 is 4.74 Å². The molecular formula is C18H23NO3. The van der Waals surface area contributed by atoms with Gasteiger partial charge in [-0.1, -0.05) is 19.3 Å². The Balaban J connectivity index is 1.78. The maximum absolute atomic E-state index is 12.7. The second kappa shape index (κ2) is 6.51. The Labute approximate surface area is 131 Å². The van der Waals surface area contributed by atoms with Crippen molar-refractivity contribution in [2.45, 2.75) is 38.5 Å². The Kier molecular flexibility index (Phi) is 4.46. The fourth-order valence-corrected chi connectivity index (χ4v) is 3.77. The van der Waals surface area contributed by atoms with Crippen LogP contribution in [0.3, 0.4) is 0 Å². The lowest BCUT2D eigenvalue weighted by atomic mass is 9.77. The highest BCUT2D eigenvalue weighted by Gasteiger charge is 2.35. The summed E-state index contributed by atoms with van der Waals surface area (Å²) < 4.78 is 5.11. The largest absolute Gasteiger partial charge is 0.497 e. The van der Waals surface area contributed by atoms with Crippen LogP contribution in [-0.2, 0) is 4.79 Å². The highest BCUT2D eigenvalue weighted by molar-refractivity contribution is 6.04. The number of methoxy groups -OCH3 is 1. The minimum absolute atomic E-state index is 0.0183. The maximum atomic E-state index is 12.7. The highest BCUT2D eigenvalue weighted by atomic mass is 16.5. The van der Waals surface area contributed by atoms with Crippen molar-refractivity contribution < 1.29 is 14.3 Å². The van der Waals surface area contributed by atoms with Gasteiger partial charge in [-0.2, -0.15) is 0 Å². The Bertz CT molecular complexity index is 552. The minimum Gasteiger partial charge on any atom is -0.497 e. The van der Waals surface area contributed by atoms with Gasteiger partial charge in [-0.05, 0) is 48.9 Å². The van der Waals surface area contributed by atoms with Gasteiger partial charge in [0.15, 0.2) is 0 Å². The smallest absolute Gasteiger partial charge is 0.260 e. The van der Waals surface area contributed by atoms with E-state index in [1.165, 1.54) is 24.2 Å². The van der Waals surface area contributed by atoms with Crippen LogP contribution in [0.2, 0.25) is 0 Å². The average molecular weight is 301 g/mol. The molecule has 2 fully saturated rings. The number of rotatable bonds is 2. The summed E-state index contributed by atoms with van der Waals surface area (Å²) in [6.45, 7) is 0.592. The van der Waals surface area contributed by atoms with Crippen LogP contribution in [0.5, 0.6) is 5.75 Å². The SMILES string of the molecule is COc1ccc(C(=O)N2CC3CCCCC3CCC2=O)cc1. The molecule has 2 unspecified atom stereocenters. The van der Waals surface area contributed by atoms with Crippen molar-refractivity contribution in [2.75, 3.05) is 13.7 Å².